The van der Waals surface area contributed by atoms with Crippen LogP contribution in [0.2, 0.25) is 0 Å². The van der Waals surface area contributed by atoms with Gasteiger partial charge in [-0.2, -0.15) is 0 Å². The van der Waals surface area contributed by atoms with Crippen molar-refractivity contribution < 1.29 is 27.5 Å². The number of aryl methyl sites for hydroxylation is 2. The first-order valence-corrected chi connectivity index (χ1v) is 15.2. The third kappa shape index (κ3) is 6.37. The largest absolute Gasteiger partial charge is 0.452 e. The average Bonchev–Trinajstić information content (AvgIpc) is 3.24. The summed E-state index contributed by atoms with van der Waals surface area (Å²) in [5.74, 6) is -2.13. The van der Waals surface area contributed by atoms with Crippen LogP contribution in [-0.4, -0.2) is 32.8 Å². The molecule has 4 rings (SSSR count). The molecule has 4 N–H and O–H groups in total. The SMILES string of the molecule is Cc1ccc(C(C)(C)C)cc1S(=O)(=O)Nc1ccccc1C(=O)OCC(=O)Nc1sc2c(c1C(N)=O)CCCC2. The monoisotopic (exact) mass is 583 g/mol. The molecule has 0 saturated carbocycles. The lowest BCUT2D eigenvalue weighted by Gasteiger charge is -2.21. The number of primary amides is 1. The zero-order valence-electron chi connectivity index (χ0n) is 22.9. The van der Waals surface area contributed by atoms with Crippen LogP contribution in [-0.2, 0) is 37.8 Å². The summed E-state index contributed by atoms with van der Waals surface area (Å²) in [4.78, 5) is 38.8. The predicted octanol–water partition coefficient (Wildman–Crippen LogP) is 4.93. The highest BCUT2D eigenvalue weighted by Gasteiger charge is 2.26. The first-order chi connectivity index (χ1) is 18.8. The van der Waals surface area contributed by atoms with E-state index in [2.05, 4.69) is 10.0 Å². The van der Waals surface area contributed by atoms with Gasteiger partial charge in [0.25, 0.3) is 21.8 Å². The molecule has 1 aliphatic rings. The topological polar surface area (TPSA) is 145 Å². The molecule has 0 radical (unpaired) electrons. The van der Waals surface area contributed by atoms with Crippen LogP contribution in [0.1, 0.15) is 75.9 Å². The molecule has 212 valence electrons. The molecule has 1 aliphatic carbocycles. The van der Waals surface area contributed by atoms with Gasteiger partial charge in [0.15, 0.2) is 6.61 Å². The Bertz CT molecular complexity index is 1590. The molecular formula is C29H33N3O6S2. The zero-order valence-corrected chi connectivity index (χ0v) is 24.6. The number of ether oxygens (including phenoxy) is 1. The normalized spacial score (nSPS) is 13.3. The Hall–Kier alpha value is -3.70. The summed E-state index contributed by atoms with van der Waals surface area (Å²) in [6, 6.07) is 11.3. The maximum absolute atomic E-state index is 13.4. The van der Waals surface area contributed by atoms with E-state index >= 15 is 0 Å². The quantitative estimate of drug-likeness (QED) is 0.321. The number of amides is 2. The molecule has 0 atom stereocenters. The number of hydrogen-bond donors (Lipinski definition) is 3. The molecule has 3 aromatic rings. The van der Waals surface area contributed by atoms with Gasteiger partial charge in [0.2, 0.25) is 0 Å². The number of carbonyl (C=O) groups excluding carboxylic acids is 3. The molecule has 0 aliphatic heterocycles. The first-order valence-electron chi connectivity index (χ1n) is 12.9. The number of nitrogens with two attached hydrogens (primary N) is 1. The molecule has 1 heterocycles. The van der Waals surface area contributed by atoms with E-state index in [1.807, 2.05) is 26.8 Å². The molecular weight excluding hydrogens is 550 g/mol. The van der Waals surface area contributed by atoms with Crippen LogP contribution in [0, 0.1) is 6.92 Å². The van der Waals surface area contributed by atoms with Crippen molar-refractivity contribution in [1.29, 1.82) is 0 Å². The first kappa shape index (κ1) is 29.3. The van der Waals surface area contributed by atoms with E-state index in [4.69, 9.17) is 10.5 Å². The van der Waals surface area contributed by atoms with Gasteiger partial charge >= 0.3 is 5.97 Å². The summed E-state index contributed by atoms with van der Waals surface area (Å²) in [6.45, 7) is 7.04. The number of thiophene rings is 1. The van der Waals surface area contributed by atoms with Crippen molar-refractivity contribution in [3.63, 3.8) is 0 Å². The Balaban J connectivity index is 1.48. The van der Waals surface area contributed by atoms with Gasteiger partial charge in [0.05, 0.1) is 21.7 Å². The smallest absolute Gasteiger partial charge is 0.340 e. The molecule has 1 aromatic heterocycles. The Kier molecular flexibility index (Phi) is 8.36. The zero-order chi connectivity index (χ0) is 29.2. The molecule has 2 amide bonds. The Morgan fingerprint density at radius 3 is 2.45 bits per heavy atom. The summed E-state index contributed by atoms with van der Waals surface area (Å²) in [6.07, 6.45) is 3.49. The minimum atomic E-state index is -4.05. The Morgan fingerprint density at radius 2 is 1.75 bits per heavy atom. The summed E-state index contributed by atoms with van der Waals surface area (Å²) >= 11 is 1.31. The number of esters is 1. The molecule has 40 heavy (non-hydrogen) atoms. The summed E-state index contributed by atoms with van der Waals surface area (Å²) in [5.41, 5.74) is 7.89. The van der Waals surface area contributed by atoms with Gasteiger partial charge in [-0.05, 0) is 72.9 Å². The molecule has 0 unspecified atom stereocenters. The molecule has 0 saturated heterocycles. The average molecular weight is 584 g/mol. The minimum absolute atomic E-state index is 0.0235. The van der Waals surface area contributed by atoms with E-state index < -0.39 is 34.4 Å². The predicted molar refractivity (Wildman–Crippen MR) is 156 cm³/mol. The lowest BCUT2D eigenvalue weighted by Crippen LogP contribution is -2.23. The molecule has 0 spiro atoms. The van der Waals surface area contributed by atoms with Crippen LogP contribution in [0.4, 0.5) is 10.7 Å². The van der Waals surface area contributed by atoms with E-state index in [9.17, 15) is 22.8 Å². The number of rotatable bonds is 8. The summed E-state index contributed by atoms with van der Waals surface area (Å²) in [7, 11) is -4.05. The maximum atomic E-state index is 13.4. The van der Waals surface area contributed by atoms with Crippen molar-refractivity contribution in [1.82, 2.24) is 0 Å². The highest BCUT2D eigenvalue weighted by Crippen LogP contribution is 2.38. The summed E-state index contributed by atoms with van der Waals surface area (Å²) in [5, 5.41) is 2.99. The maximum Gasteiger partial charge on any atom is 0.340 e. The van der Waals surface area contributed by atoms with Crippen LogP contribution < -0.4 is 15.8 Å². The number of para-hydroxylation sites is 1. The molecule has 2 aromatic carbocycles. The van der Waals surface area contributed by atoms with Gasteiger partial charge in [0, 0.05) is 4.88 Å². The number of carbonyl (C=O) groups is 3. The van der Waals surface area contributed by atoms with Crippen LogP contribution in [0.15, 0.2) is 47.4 Å². The van der Waals surface area contributed by atoms with Crippen LogP contribution in [0.3, 0.4) is 0 Å². The number of anilines is 2. The molecule has 0 fully saturated rings. The van der Waals surface area contributed by atoms with E-state index in [1.54, 1.807) is 31.2 Å². The van der Waals surface area contributed by atoms with Gasteiger partial charge in [-0.1, -0.05) is 45.0 Å². The van der Waals surface area contributed by atoms with E-state index in [0.29, 0.717) is 16.1 Å². The van der Waals surface area contributed by atoms with Gasteiger partial charge in [-0.15, -0.1) is 11.3 Å². The van der Waals surface area contributed by atoms with Crippen LogP contribution in [0.25, 0.3) is 0 Å². The number of nitrogens with one attached hydrogen (secondary N) is 2. The van der Waals surface area contributed by atoms with E-state index in [1.165, 1.54) is 23.5 Å². The fourth-order valence-electron chi connectivity index (χ4n) is 4.59. The van der Waals surface area contributed by atoms with Crippen molar-refractivity contribution in [3.8, 4) is 0 Å². The summed E-state index contributed by atoms with van der Waals surface area (Å²) < 4.78 is 34.4. The molecule has 0 bridgehead atoms. The Labute approximate surface area is 238 Å². The third-order valence-corrected chi connectivity index (χ3v) is 9.45. The highest BCUT2D eigenvalue weighted by atomic mass is 32.2. The van der Waals surface area contributed by atoms with Gasteiger partial charge in [0.1, 0.15) is 5.00 Å². The van der Waals surface area contributed by atoms with Crippen LogP contribution >= 0.6 is 11.3 Å². The lowest BCUT2D eigenvalue weighted by atomic mass is 9.87. The lowest BCUT2D eigenvalue weighted by molar-refractivity contribution is -0.119. The van der Waals surface area contributed by atoms with Crippen molar-refractivity contribution in [2.24, 2.45) is 5.73 Å². The van der Waals surface area contributed by atoms with Crippen LogP contribution in [0.5, 0.6) is 0 Å². The fourth-order valence-corrected chi connectivity index (χ4v) is 7.25. The number of hydrogen-bond acceptors (Lipinski definition) is 7. The Morgan fingerprint density at radius 1 is 1.05 bits per heavy atom. The minimum Gasteiger partial charge on any atom is -0.452 e. The van der Waals surface area contributed by atoms with Gasteiger partial charge < -0.3 is 15.8 Å². The number of fused-ring (bicyclic) bond motifs is 1. The van der Waals surface area contributed by atoms with E-state index in [0.717, 1.165) is 41.7 Å². The van der Waals surface area contributed by atoms with E-state index in [-0.39, 0.29) is 21.6 Å². The second-order valence-corrected chi connectivity index (χ2v) is 13.5. The highest BCUT2D eigenvalue weighted by molar-refractivity contribution is 7.92. The number of benzene rings is 2. The van der Waals surface area contributed by atoms with Crippen molar-refractivity contribution in [3.05, 3.63) is 75.2 Å². The molecule has 9 nitrogen and oxygen atoms in total. The second-order valence-electron chi connectivity index (χ2n) is 10.8. The standard InChI is InChI=1S/C29H33N3O6S2/c1-17-13-14-18(29(2,3)4)15-23(17)40(36,37)32-21-11-7-5-9-19(21)28(35)38-16-24(33)31-27-25(26(30)34)20-10-6-8-12-22(20)39-27/h5,7,9,11,13-15,32H,6,8,10,12,16H2,1-4H3,(H2,30,34)(H,31,33). The third-order valence-electron chi connectivity index (χ3n) is 6.74. The van der Waals surface area contributed by atoms with Crippen molar-refractivity contribution in [2.75, 3.05) is 16.6 Å². The van der Waals surface area contributed by atoms with Crippen molar-refractivity contribution >= 4 is 49.8 Å². The molecule has 11 heteroatoms. The van der Waals surface area contributed by atoms with Crippen molar-refractivity contribution in [2.45, 2.75) is 63.7 Å². The van der Waals surface area contributed by atoms with Gasteiger partial charge in [-0.3, -0.25) is 14.3 Å². The second kappa shape index (κ2) is 11.4. The van der Waals surface area contributed by atoms with Gasteiger partial charge in [-0.25, -0.2) is 13.2 Å². The fraction of sp³-hybridized carbons (Fsp3) is 0.345. The number of sulfonamides is 1.